The minimum Gasteiger partial charge on any atom is -0.477 e. The Morgan fingerprint density at radius 3 is 2.59 bits per heavy atom. The predicted molar refractivity (Wildman–Crippen MR) is 150 cm³/mol. The fourth-order valence-corrected chi connectivity index (χ4v) is 5.36. The number of rotatable bonds is 12. The molecule has 3 N–H and O–H groups in total. The molecule has 1 aliphatic heterocycles. The van der Waals surface area contributed by atoms with Crippen molar-refractivity contribution in [3.05, 3.63) is 70.4 Å². The van der Waals surface area contributed by atoms with Gasteiger partial charge < -0.3 is 24.9 Å². The van der Waals surface area contributed by atoms with E-state index in [1.165, 1.54) is 0 Å². The van der Waals surface area contributed by atoms with E-state index < -0.39 is 12.0 Å². The fourth-order valence-electron chi connectivity index (χ4n) is 5.19. The number of carboxylic acids is 1. The Labute approximate surface area is 233 Å². The molecule has 0 spiro atoms. The molecule has 1 saturated heterocycles. The molecular weight excluding hydrogens is 520 g/mol. The third kappa shape index (κ3) is 7.05. The number of halogens is 1. The molecule has 0 aliphatic carbocycles. The molecule has 2 aromatic carbocycles. The second-order valence-electron chi connectivity index (χ2n) is 10.1. The van der Waals surface area contributed by atoms with Crippen molar-refractivity contribution in [1.29, 1.82) is 0 Å². The summed E-state index contributed by atoms with van der Waals surface area (Å²) in [5, 5.41) is 14.2. The SMILES string of the molecule is CC(C=O)CC(CN1CCOCC1)N(C)C(C(=O)NCc1ccccc1)c1c(C(=O)O)[nH]c2cc(Cl)ccc12. The zero-order chi connectivity index (χ0) is 27.9. The van der Waals surface area contributed by atoms with E-state index in [1.54, 1.807) is 18.2 Å². The van der Waals surface area contributed by atoms with E-state index in [0.29, 0.717) is 54.2 Å². The molecule has 1 fully saturated rings. The number of aromatic nitrogens is 1. The van der Waals surface area contributed by atoms with E-state index in [-0.39, 0.29) is 23.6 Å². The van der Waals surface area contributed by atoms with Crippen LogP contribution in [0.25, 0.3) is 10.9 Å². The van der Waals surface area contributed by atoms with Gasteiger partial charge in [0.2, 0.25) is 5.91 Å². The van der Waals surface area contributed by atoms with E-state index in [9.17, 15) is 19.5 Å². The van der Waals surface area contributed by atoms with Crippen LogP contribution >= 0.6 is 11.6 Å². The van der Waals surface area contributed by atoms with Crippen LogP contribution in [0.5, 0.6) is 0 Å². The molecule has 0 bridgehead atoms. The number of morpholine rings is 1. The molecular formula is C29H35ClN4O5. The number of hydrogen-bond donors (Lipinski definition) is 3. The summed E-state index contributed by atoms with van der Waals surface area (Å²) in [5.41, 5.74) is 1.77. The van der Waals surface area contributed by atoms with Gasteiger partial charge in [0.15, 0.2) is 0 Å². The van der Waals surface area contributed by atoms with Gasteiger partial charge in [0.25, 0.3) is 0 Å². The molecule has 0 saturated carbocycles. The van der Waals surface area contributed by atoms with Crippen LogP contribution in [0.2, 0.25) is 5.02 Å². The number of nitrogens with one attached hydrogen (secondary N) is 2. The molecule has 2 heterocycles. The van der Waals surface area contributed by atoms with E-state index in [0.717, 1.165) is 24.9 Å². The van der Waals surface area contributed by atoms with Crippen LogP contribution in [-0.2, 0) is 20.9 Å². The van der Waals surface area contributed by atoms with Gasteiger partial charge in [-0.3, -0.25) is 14.6 Å². The van der Waals surface area contributed by atoms with Crippen molar-refractivity contribution in [2.45, 2.75) is 32.0 Å². The first-order valence-electron chi connectivity index (χ1n) is 13.1. The Kier molecular flexibility index (Phi) is 9.74. The first-order chi connectivity index (χ1) is 18.8. The van der Waals surface area contributed by atoms with Gasteiger partial charge in [-0.2, -0.15) is 0 Å². The first-order valence-corrected chi connectivity index (χ1v) is 13.5. The molecule has 4 rings (SSSR count). The van der Waals surface area contributed by atoms with Gasteiger partial charge in [-0.15, -0.1) is 0 Å². The summed E-state index contributed by atoms with van der Waals surface area (Å²) in [7, 11) is 1.83. The lowest BCUT2D eigenvalue weighted by Crippen LogP contribution is -2.50. The van der Waals surface area contributed by atoms with Gasteiger partial charge in [-0.05, 0) is 31.2 Å². The van der Waals surface area contributed by atoms with Crippen LogP contribution in [0.15, 0.2) is 48.5 Å². The molecule has 1 amide bonds. The standard InChI is InChI=1S/C29H35ClN4O5/c1-19(18-35)14-22(17-34-10-12-39-13-11-34)33(2)27(28(36)31-16-20-6-4-3-5-7-20)25-23-9-8-21(30)15-24(23)32-26(25)29(37)38/h3-9,15,18-19,22,27,32H,10-14,16-17H2,1-2H3,(H,31,36)(H,37,38). The average molecular weight is 555 g/mol. The number of carbonyl (C=O) groups is 3. The Morgan fingerprint density at radius 2 is 1.92 bits per heavy atom. The average Bonchev–Trinajstić information content (AvgIpc) is 3.31. The topological polar surface area (TPSA) is 115 Å². The predicted octanol–water partition coefficient (Wildman–Crippen LogP) is 3.73. The van der Waals surface area contributed by atoms with Crippen molar-refractivity contribution in [1.82, 2.24) is 20.1 Å². The number of likely N-dealkylation sites (N-methyl/N-ethyl adjacent to an activating group) is 1. The largest absolute Gasteiger partial charge is 0.477 e. The third-order valence-corrected chi connectivity index (χ3v) is 7.51. The Bertz CT molecular complexity index is 1290. The fraction of sp³-hybridized carbons (Fsp3) is 0.414. The highest BCUT2D eigenvalue weighted by atomic mass is 35.5. The van der Waals surface area contributed by atoms with Crippen molar-refractivity contribution in [3.63, 3.8) is 0 Å². The second-order valence-corrected chi connectivity index (χ2v) is 10.5. The summed E-state index contributed by atoms with van der Waals surface area (Å²) in [5.74, 6) is -1.74. The van der Waals surface area contributed by atoms with Crippen molar-refractivity contribution in [2.24, 2.45) is 5.92 Å². The Hall–Kier alpha value is -3.24. The summed E-state index contributed by atoms with van der Waals surface area (Å²) in [6.07, 6.45) is 1.43. The highest BCUT2D eigenvalue weighted by molar-refractivity contribution is 6.31. The molecule has 208 valence electrons. The number of ether oxygens (including phenoxy) is 1. The number of carbonyl (C=O) groups excluding carboxylic acids is 2. The second kappa shape index (κ2) is 13.2. The minimum atomic E-state index is -1.17. The number of aldehydes is 1. The van der Waals surface area contributed by atoms with Gasteiger partial charge in [0.1, 0.15) is 18.0 Å². The molecule has 3 aromatic rings. The zero-order valence-electron chi connectivity index (χ0n) is 22.2. The van der Waals surface area contributed by atoms with Gasteiger partial charge in [0.05, 0.1) is 13.2 Å². The molecule has 3 atom stereocenters. The smallest absolute Gasteiger partial charge is 0.352 e. The molecule has 1 aliphatic rings. The van der Waals surface area contributed by atoms with Gasteiger partial charge in [0, 0.05) is 59.6 Å². The van der Waals surface area contributed by atoms with E-state index in [1.807, 2.05) is 49.2 Å². The highest BCUT2D eigenvalue weighted by Gasteiger charge is 2.37. The molecule has 9 nitrogen and oxygen atoms in total. The number of nitrogens with zero attached hydrogens (tertiary/aromatic N) is 2. The third-order valence-electron chi connectivity index (χ3n) is 7.28. The maximum absolute atomic E-state index is 14.0. The lowest BCUT2D eigenvalue weighted by atomic mass is 9.95. The van der Waals surface area contributed by atoms with E-state index in [4.69, 9.17) is 16.3 Å². The van der Waals surface area contributed by atoms with Gasteiger partial charge in [-0.25, -0.2) is 4.79 Å². The number of hydrogen-bond acceptors (Lipinski definition) is 6. The number of carboxylic acid groups (broad SMARTS) is 1. The highest BCUT2D eigenvalue weighted by Crippen LogP contribution is 2.35. The summed E-state index contributed by atoms with van der Waals surface area (Å²) in [6, 6.07) is 13.5. The Morgan fingerprint density at radius 1 is 1.21 bits per heavy atom. The lowest BCUT2D eigenvalue weighted by molar-refractivity contribution is -0.127. The molecule has 39 heavy (non-hydrogen) atoms. The number of aromatic amines is 1. The van der Waals surface area contributed by atoms with Crippen LogP contribution in [0.1, 0.15) is 41.0 Å². The summed E-state index contributed by atoms with van der Waals surface area (Å²) in [6.45, 7) is 5.48. The molecule has 1 aromatic heterocycles. The van der Waals surface area contributed by atoms with Gasteiger partial charge in [-0.1, -0.05) is 54.9 Å². The summed E-state index contributed by atoms with van der Waals surface area (Å²) >= 11 is 6.21. The number of H-pyrrole nitrogens is 1. The number of aromatic carboxylic acids is 1. The quantitative estimate of drug-likeness (QED) is 0.292. The van der Waals surface area contributed by atoms with Crippen molar-refractivity contribution >= 4 is 40.7 Å². The monoisotopic (exact) mass is 554 g/mol. The van der Waals surface area contributed by atoms with Crippen LogP contribution in [0.3, 0.4) is 0 Å². The van der Waals surface area contributed by atoms with Crippen LogP contribution in [0.4, 0.5) is 0 Å². The molecule has 3 unspecified atom stereocenters. The van der Waals surface area contributed by atoms with Crippen molar-refractivity contribution < 1.29 is 24.2 Å². The van der Waals surface area contributed by atoms with Crippen molar-refractivity contribution in [3.8, 4) is 0 Å². The lowest BCUT2D eigenvalue weighted by Gasteiger charge is -2.39. The maximum atomic E-state index is 14.0. The number of fused-ring (bicyclic) bond motifs is 1. The minimum absolute atomic E-state index is 0.0625. The molecule has 10 heteroatoms. The first kappa shape index (κ1) is 28.8. The normalized spacial score (nSPS) is 16.6. The maximum Gasteiger partial charge on any atom is 0.352 e. The van der Waals surface area contributed by atoms with Crippen molar-refractivity contribution in [2.75, 3.05) is 39.9 Å². The summed E-state index contributed by atoms with van der Waals surface area (Å²) in [4.78, 5) is 45.2. The van der Waals surface area contributed by atoms with E-state index >= 15 is 0 Å². The molecule has 0 radical (unpaired) electrons. The number of benzene rings is 2. The Balaban J connectivity index is 1.77. The summed E-state index contributed by atoms with van der Waals surface area (Å²) < 4.78 is 5.51. The van der Waals surface area contributed by atoms with E-state index in [2.05, 4.69) is 15.2 Å². The zero-order valence-corrected chi connectivity index (χ0v) is 23.0. The van der Waals surface area contributed by atoms with Crippen LogP contribution in [0, 0.1) is 5.92 Å². The number of amides is 1. The van der Waals surface area contributed by atoms with Crippen LogP contribution in [-0.4, -0.2) is 84.0 Å². The van der Waals surface area contributed by atoms with Gasteiger partial charge >= 0.3 is 5.97 Å². The van der Waals surface area contributed by atoms with Crippen LogP contribution < -0.4 is 5.32 Å².